The van der Waals surface area contributed by atoms with Crippen molar-refractivity contribution in [2.24, 2.45) is 5.92 Å². The molecule has 2 rings (SSSR count). The number of likely N-dealkylation sites (tertiary alicyclic amines) is 1. The topological polar surface area (TPSA) is 73.7 Å². The van der Waals surface area contributed by atoms with Crippen LogP contribution < -0.4 is 0 Å². The summed E-state index contributed by atoms with van der Waals surface area (Å²) in [5.41, 5.74) is 1.74. The van der Waals surface area contributed by atoms with Gasteiger partial charge in [0.1, 0.15) is 0 Å². The van der Waals surface area contributed by atoms with E-state index in [1.807, 2.05) is 25.1 Å². The number of hydrogen-bond acceptors (Lipinski definition) is 3. The summed E-state index contributed by atoms with van der Waals surface area (Å²) in [5, 5.41) is 9.13. The van der Waals surface area contributed by atoms with Gasteiger partial charge in [-0.1, -0.05) is 6.07 Å². The van der Waals surface area contributed by atoms with E-state index in [0.717, 1.165) is 11.4 Å². The number of aliphatic carboxylic acids is 1. The van der Waals surface area contributed by atoms with Gasteiger partial charge in [0.15, 0.2) is 0 Å². The zero-order valence-corrected chi connectivity index (χ0v) is 12.6. The predicted molar refractivity (Wildman–Crippen MR) is 77.7 cm³/mol. The number of carboxylic acids is 1. The summed E-state index contributed by atoms with van der Waals surface area (Å²) in [4.78, 5) is 31.2. The van der Waals surface area contributed by atoms with Gasteiger partial charge in [0.2, 0.25) is 0 Å². The van der Waals surface area contributed by atoms with Crippen molar-refractivity contribution >= 4 is 12.0 Å². The van der Waals surface area contributed by atoms with Crippen LogP contribution in [0.1, 0.15) is 24.7 Å². The highest BCUT2D eigenvalue weighted by molar-refractivity contribution is 5.78. The Hall–Kier alpha value is -2.11. The largest absolute Gasteiger partial charge is 0.481 e. The van der Waals surface area contributed by atoms with E-state index in [2.05, 4.69) is 4.98 Å². The second-order valence-corrected chi connectivity index (χ2v) is 5.58. The molecule has 0 bridgehead atoms. The number of urea groups is 1. The third kappa shape index (κ3) is 3.32. The van der Waals surface area contributed by atoms with Gasteiger partial charge in [-0.25, -0.2) is 4.79 Å². The number of nitrogens with zero attached hydrogens (tertiary/aromatic N) is 3. The molecule has 6 heteroatoms. The fraction of sp³-hybridized carbons (Fsp3) is 0.533. The van der Waals surface area contributed by atoms with Crippen molar-refractivity contribution in [1.29, 1.82) is 0 Å². The summed E-state index contributed by atoms with van der Waals surface area (Å²) in [6, 6.07) is 5.28. The van der Waals surface area contributed by atoms with Crippen LogP contribution in [0.3, 0.4) is 0 Å². The second kappa shape index (κ2) is 6.11. The minimum Gasteiger partial charge on any atom is -0.481 e. The lowest BCUT2D eigenvalue weighted by Gasteiger charge is -2.28. The van der Waals surface area contributed by atoms with E-state index in [1.165, 1.54) is 0 Å². The number of aromatic nitrogens is 1. The predicted octanol–water partition coefficient (Wildman–Crippen LogP) is 1.74. The number of rotatable bonds is 3. The van der Waals surface area contributed by atoms with E-state index in [1.54, 1.807) is 23.8 Å². The first kappa shape index (κ1) is 15.3. The number of hydrogen-bond donors (Lipinski definition) is 1. The van der Waals surface area contributed by atoms with Crippen molar-refractivity contribution in [3.05, 3.63) is 29.6 Å². The molecule has 1 N–H and O–H groups in total. The van der Waals surface area contributed by atoms with Crippen molar-refractivity contribution in [1.82, 2.24) is 14.8 Å². The number of pyridine rings is 1. The van der Waals surface area contributed by atoms with Crippen molar-refractivity contribution < 1.29 is 14.7 Å². The monoisotopic (exact) mass is 291 g/mol. The van der Waals surface area contributed by atoms with Gasteiger partial charge in [0.05, 0.1) is 18.2 Å². The molecule has 2 heterocycles. The van der Waals surface area contributed by atoms with Gasteiger partial charge in [-0.15, -0.1) is 0 Å². The SMILES string of the molecule is Cc1cccc(CN(C)C(=O)N2CCC(C(=O)O)C2C)n1. The number of carbonyl (C=O) groups is 2. The molecule has 0 saturated carbocycles. The second-order valence-electron chi connectivity index (χ2n) is 5.58. The summed E-state index contributed by atoms with van der Waals surface area (Å²) in [6.45, 7) is 4.61. The van der Waals surface area contributed by atoms with Crippen LogP contribution in [0.25, 0.3) is 0 Å². The molecule has 6 nitrogen and oxygen atoms in total. The average molecular weight is 291 g/mol. The molecule has 1 aliphatic heterocycles. The highest BCUT2D eigenvalue weighted by atomic mass is 16.4. The maximum atomic E-state index is 12.4. The van der Waals surface area contributed by atoms with Crippen LogP contribution >= 0.6 is 0 Å². The fourth-order valence-electron chi connectivity index (χ4n) is 2.76. The summed E-state index contributed by atoms with van der Waals surface area (Å²) in [6.07, 6.45) is 0.513. The van der Waals surface area contributed by atoms with E-state index >= 15 is 0 Å². The Morgan fingerprint density at radius 1 is 1.48 bits per heavy atom. The van der Waals surface area contributed by atoms with Crippen molar-refractivity contribution in [3.8, 4) is 0 Å². The van der Waals surface area contributed by atoms with Crippen LogP contribution in [-0.4, -0.2) is 51.5 Å². The molecule has 1 aromatic heterocycles. The fourth-order valence-corrected chi connectivity index (χ4v) is 2.76. The third-order valence-corrected chi connectivity index (χ3v) is 3.99. The van der Waals surface area contributed by atoms with Crippen LogP contribution in [0.5, 0.6) is 0 Å². The molecule has 1 saturated heterocycles. The molecule has 0 spiro atoms. The zero-order chi connectivity index (χ0) is 15.6. The van der Waals surface area contributed by atoms with E-state index in [0.29, 0.717) is 19.5 Å². The Labute approximate surface area is 124 Å². The van der Waals surface area contributed by atoms with Gasteiger partial charge in [-0.3, -0.25) is 9.78 Å². The number of amides is 2. The lowest BCUT2D eigenvalue weighted by molar-refractivity contribution is -0.142. The lowest BCUT2D eigenvalue weighted by atomic mass is 10.0. The van der Waals surface area contributed by atoms with E-state index in [9.17, 15) is 9.59 Å². The van der Waals surface area contributed by atoms with Crippen LogP contribution in [-0.2, 0) is 11.3 Å². The van der Waals surface area contributed by atoms with Gasteiger partial charge >= 0.3 is 12.0 Å². The Bertz CT molecular complexity index is 547. The quantitative estimate of drug-likeness (QED) is 0.920. The standard InChI is InChI=1S/C15H21N3O3/c1-10-5-4-6-12(16-10)9-17(3)15(21)18-8-7-13(11(18)2)14(19)20/h4-6,11,13H,7-9H2,1-3H3,(H,19,20). The Morgan fingerprint density at radius 3 is 2.76 bits per heavy atom. The number of aryl methyl sites for hydroxylation is 1. The first-order valence-corrected chi connectivity index (χ1v) is 7.07. The molecule has 1 aromatic rings. The van der Waals surface area contributed by atoms with Gasteiger partial charge in [0.25, 0.3) is 0 Å². The molecule has 1 aliphatic rings. The van der Waals surface area contributed by atoms with Crippen LogP contribution in [0.4, 0.5) is 4.79 Å². The Kier molecular flexibility index (Phi) is 4.45. The molecule has 2 amide bonds. The van der Waals surface area contributed by atoms with Crippen molar-refractivity contribution in [3.63, 3.8) is 0 Å². The maximum absolute atomic E-state index is 12.4. The highest BCUT2D eigenvalue weighted by Crippen LogP contribution is 2.25. The summed E-state index contributed by atoms with van der Waals surface area (Å²) < 4.78 is 0. The third-order valence-electron chi connectivity index (χ3n) is 3.99. The Morgan fingerprint density at radius 2 is 2.19 bits per heavy atom. The van der Waals surface area contributed by atoms with E-state index < -0.39 is 11.9 Å². The summed E-state index contributed by atoms with van der Waals surface area (Å²) in [5.74, 6) is -1.31. The van der Waals surface area contributed by atoms with Gasteiger partial charge in [-0.2, -0.15) is 0 Å². The molecule has 1 fully saturated rings. The molecular weight excluding hydrogens is 270 g/mol. The van der Waals surface area contributed by atoms with Crippen molar-refractivity contribution in [2.45, 2.75) is 32.9 Å². The van der Waals surface area contributed by atoms with Gasteiger partial charge < -0.3 is 14.9 Å². The highest BCUT2D eigenvalue weighted by Gasteiger charge is 2.39. The van der Waals surface area contributed by atoms with E-state index in [4.69, 9.17) is 5.11 Å². The minimum atomic E-state index is -0.833. The molecule has 0 radical (unpaired) electrons. The van der Waals surface area contributed by atoms with Crippen LogP contribution in [0, 0.1) is 12.8 Å². The molecule has 2 unspecified atom stereocenters. The normalized spacial score (nSPS) is 21.4. The number of carboxylic acid groups (broad SMARTS) is 1. The average Bonchev–Trinajstić information content (AvgIpc) is 2.79. The zero-order valence-electron chi connectivity index (χ0n) is 12.6. The smallest absolute Gasteiger partial charge is 0.320 e. The molecule has 114 valence electrons. The summed E-state index contributed by atoms with van der Waals surface area (Å²) in [7, 11) is 1.72. The van der Waals surface area contributed by atoms with E-state index in [-0.39, 0.29) is 12.1 Å². The Balaban J connectivity index is 2.01. The van der Waals surface area contributed by atoms with Crippen molar-refractivity contribution in [2.75, 3.05) is 13.6 Å². The first-order valence-electron chi connectivity index (χ1n) is 7.07. The minimum absolute atomic E-state index is 0.144. The van der Waals surface area contributed by atoms with Gasteiger partial charge in [-0.05, 0) is 32.4 Å². The number of carbonyl (C=O) groups excluding carboxylic acids is 1. The molecule has 2 atom stereocenters. The lowest BCUT2D eigenvalue weighted by Crippen LogP contribution is -2.44. The molecule has 0 aliphatic carbocycles. The molecule has 21 heavy (non-hydrogen) atoms. The first-order chi connectivity index (χ1) is 9.90. The van der Waals surface area contributed by atoms with Crippen LogP contribution in [0.2, 0.25) is 0 Å². The molecular formula is C15H21N3O3. The van der Waals surface area contributed by atoms with Gasteiger partial charge in [0, 0.05) is 25.3 Å². The molecule has 0 aromatic carbocycles. The van der Waals surface area contributed by atoms with Crippen LogP contribution in [0.15, 0.2) is 18.2 Å². The maximum Gasteiger partial charge on any atom is 0.320 e. The summed E-state index contributed by atoms with van der Waals surface area (Å²) >= 11 is 0.